The van der Waals surface area contributed by atoms with E-state index in [9.17, 15) is 9.90 Å². The van der Waals surface area contributed by atoms with Gasteiger partial charge in [-0.3, -0.25) is 9.78 Å². The van der Waals surface area contributed by atoms with Crippen molar-refractivity contribution in [1.82, 2.24) is 4.98 Å². The van der Waals surface area contributed by atoms with Gasteiger partial charge in [-0.25, -0.2) is 0 Å². The molecule has 3 aromatic carbocycles. The second-order valence-corrected chi connectivity index (χ2v) is 19.2. The summed E-state index contributed by atoms with van der Waals surface area (Å²) in [5, 5.41) is 15.2. The largest absolute Gasteiger partial charge is 0.512 e. The van der Waals surface area contributed by atoms with Crippen molar-refractivity contribution in [2.75, 3.05) is 0 Å². The minimum absolute atomic E-state index is 0. The Labute approximate surface area is 352 Å². The zero-order valence-corrected chi connectivity index (χ0v) is 39.0. The van der Waals surface area contributed by atoms with E-state index >= 15 is 0 Å². The Balaban J connectivity index is 0.000000320. The van der Waals surface area contributed by atoms with E-state index in [1.807, 2.05) is 70.4 Å². The number of rotatable bonds is 11. The predicted molar refractivity (Wildman–Crippen MR) is 237 cm³/mol. The van der Waals surface area contributed by atoms with E-state index in [0.717, 1.165) is 48.7 Å². The van der Waals surface area contributed by atoms with Crippen molar-refractivity contribution in [1.29, 1.82) is 0 Å². The number of allylic oxidation sites excluding steroid dienone is 2. The summed E-state index contributed by atoms with van der Waals surface area (Å²) in [7, 11) is 0. The maximum atomic E-state index is 12.2. The molecule has 0 aliphatic heterocycles. The van der Waals surface area contributed by atoms with Crippen LogP contribution in [0.3, 0.4) is 0 Å². The van der Waals surface area contributed by atoms with Crippen LogP contribution in [-0.2, 0) is 36.7 Å². The summed E-state index contributed by atoms with van der Waals surface area (Å²) in [6.07, 6.45) is 7.85. The SMILES string of the molecule is CCC(C)(CC)C(=O)/C=C(\O)C(C)(CC)CC.Cc1c(CC(C)C)sc2cccc(-c3cc4c(-c5[c-]c6ccccc6c(C(C)(C)C)c5)nccc4s3)c12.[Ir]. The molecule has 6 aromatic rings. The van der Waals surface area contributed by atoms with Gasteiger partial charge in [-0.1, -0.05) is 117 Å². The summed E-state index contributed by atoms with van der Waals surface area (Å²) in [6, 6.07) is 25.9. The molecule has 0 unspecified atom stereocenters. The predicted octanol–water partition coefficient (Wildman–Crippen LogP) is 15.3. The van der Waals surface area contributed by atoms with Gasteiger partial charge in [0.2, 0.25) is 0 Å². The van der Waals surface area contributed by atoms with Gasteiger partial charge in [-0.05, 0) is 79.5 Å². The van der Waals surface area contributed by atoms with Crippen LogP contribution in [0.4, 0.5) is 0 Å². The first kappa shape index (κ1) is 44.6. The molecule has 0 amide bonds. The smallest absolute Gasteiger partial charge is 0.164 e. The number of pyridine rings is 1. The maximum Gasteiger partial charge on any atom is 0.164 e. The minimum Gasteiger partial charge on any atom is -0.512 e. The van der Waals surface area contributed by atoms with Crippen molar-refractivity contribution in [2.24, 2.45) is 16.7 Å². The molecule has 0 saturated carbocycles. The fourth-order valence-corrected chi connectivity index (χ4v) is 9.63. The number of carbonyl (C=O) groups is 1. The summed E-state index contributed by atoms with van der Waals surface area (Å²) in [6.45, 7) is 25.9. The molecule has 6 heteroatoms. The van der Waals surface area contributed by atoms with Gasteiger partial charge in [0, 0.05) is 79.0 Å². The minimum atomic E-state index is -0.337. The second-order valence-electron chi connectivity index (χ2n) is 16.9. The molecule has 1 N–H and O–H groups in total. The van der Waals surface area contributed by atoms with Gasteiger partial charge in [0.25, 0.3) is 0 Å². The Hall–Kier alpha value is -3.15. The van der Waals surface area contributed by atoms with E-state index in [1.54, 1.807) is 0 Å². The van der Waals surface area contributed by atoms with E-state index in [2.05, 4.69) is 108 Å². The molecule has 55 heavy (non-hydrogen) atoms. The summed E-state index contributed by atoms with van der Waals surface area (Å²) in [5.41, 5.74) is 5.63. The van der Waals surface area contributed by atoms with Gasteiger partial charge < -0.3 is 5.11 Å². The van der Waals surface area contributed by atoms with Crippen molar-refractivity contribution in [3.63, 3.8) is 0 Å². The third kappa shape index (κ3) is 9.36. The van der Waals surface area contributed by atoms with Gasteiger partial charge in [-0.15, -0.1) is 51.8 Å². The van der Waals surface area contributed by atoms with Gasteiger partial charge in [-0.2, -0.15) is 0 Å². The number of aryl methyl sites for hydroxylation is 1. The maximum absolute atomic E-state index is 12.2. The normalized spacial score (nSPS) is 12.6. The first-order valence-corrected chi connectivity index (χ1v) is 21.4. The number of thiophene rings is 2. The van der Waals surface area contributed by atoms with E-state index in [4.69, 9.17) is 4.98 Å². The quantitative estimate of drug-likeness (QED) is 0.0800. The molecular formula is C49H60IrNO2S2-. The summed E-state index contributed by atoms with van der Waals surface area (Å²) in [5.74, 6) is 0.943. The Kier molecular flexibility index (Phi) is 14.6. The van der Waals surface area contributed by atoms with Crippen molar-refractivity contribution < 1.29 is 30.0 Å². The summed E-state index contributed by atoms with van der Waals surface area (Å²) < 4.78 is 2.66. The number of carbonyl (C=O) groups excluding carboxylic acids is 1. The number of aromatic nitrogens is 1. The van der Waals surface area contributed by atoms with E-state index in [1.165, 1.54) is 58.1 Å². The molecule has 295 valence electrons. The molecule has 6 rings (SSSR count). The van der Waals surface area contributed by atoms with Gasteiger partial charge in [0.05, 0.1) is 0 Å². The second kappa shape index (κ2) is 18.0. The number of aliphatic hydroxyl groups is 1. The fourth-order valence-electron chi connectivity index (χ4n) is 7.09. The molecule has 1 radical (unpaired) electrons. The Bertz CT molecular complexity index is 2290. The average Bonchev–Trinajstić information content (AvgIpc) is 3.73. The molecule has 0 aliphatic carbocycles. The number of hydrogen-bond acceptors (Lipinski definition) is 5. The summed E-state index contributed by atoms with van der Waals surface area (Å²) in [4.78, 5) is 19.9. The molecule has 3 nitrogen and oxygen atoms in total. The van der Waals surface area contributed by atoms with Crippen molar-refractivity contribution in [3.8, 4) is 21.7 Å². The number of ketones is 1. The van der Waals surface area contributed by atoms with Crippen LogP contribution >= 0.6 is 22.7 Å². The molecule has 0 fully saturated rings. The van der Waals surface area contributed by atoms with Crippen molar-refractivity contribution in [3.05, 3.63) is 101 Å². The van der Waals surface area contributed by atoms with E-state index in [0.29, 0.717) is 5.92 Å². The molecule has 0 atom stereocenters. The van der Waals surface area contributed by atoms with Crippen LogP contribution < -0.4 is 0 Å². The van der Waals surface area contributed by atoms with Crippen LogP contribution in [0, 0.1) is 29.7 Å². The van der Waals surface area contributed by atoms with Gasteiger partial charge >= 0.3 is 0 Å². The van der Waals surface area contributed by atoms with E-state index < -0.39 is 0 Å². The first-order valence-electron chi connectivity index (χ1n) is 19.8. The van der Waals surface area contributed by atoms with E-state index in [-0.39, 0.29) is 47.9 Å². The van der Waals surface area contributed by atoms with Crippen LogP contribution in [0.1, 0.15) is 118 Å². The third-order valence-corrected chi connectivity index (χ3v) is 14.2. The standard InChI is InChI=1S/C34H32NS2.C15H28O2.Ir/c1-20(2)16-30-21(3)32-25(12-9-13-29(32)37-30)31-19-26-28(36-31)14-15-35-33(26)23-17-22-10-7-8-11-24(22)27(18-23)34(4,5)6;1-7-14(5,8-2)12(16)11-13(17)15(6,9-3)10-4;/h7-15,18-20H,16H2,1-6H3;11,16H,7-10H2,1-6H3;/q-1;;/b;12-11-;. The van der Waals surface area contributed by atoms with Crippen LogP contribution in [0.25, 0.3) is 52.6 Å². The van der Waals surface area contributed by atoms with Crippen LogP contribution in [0.2, 0.25) is 0 Å². The Morgan fingerprint density at radius 1 is 0.836 bits per heavy atom. The zero-order valence-electron chi connectivity index (χ0n) is 35.0. The fraction of sp³-hybridized carbons (Fsp3) is 0.429. The number of benzene rings is 3. The summed E-state index contributed by atoms with van der Waals surface area (Å²) >= 11 is 3.83. The monoisotopic (exact) mass is 951 g/mol. The Morgan fingerprint density at radius 3 is 2.11 bits per heavy atom. The van der Waals surface area contributed by atoms with Gasteiger partial charge in [0.15, 0.2) is 5.78 Å². The van der Waals surface area contributed by atoms with Crippen molar-refractivity contribution >= 4 is 59.4 Å². The molecule has 0 saturated heterocycles. The van der Waals surface area contributed by atoms with Crippen LogP contribution in [-0.4, -0.2) is 15.9 Å². The van der Waals surface area contributed by atoms with Crippen LogP contribution in [0.5, 0.6) is 0 Å². The van der Waals surface area contributed by atoms with Crippen LogP contribution in [0.15, 0.2) is 78.7 Å². The number of fused-ring (bicyclic) bond motifs is 3. The molecule has 0 aliphatic rings. The average molecular weight is 951 g/mol. The topological polar surface area (TPSA) is 50.2 Å². The molecule has 0 spiro atoms. The third-order valence-electron chi connectivity index (χ3n) is 11.8. The number of hydrogen-bond donors (Lipinski definition) is 1. The molecule has 3 aromatic heterocycles. The zero-order chi connectivity index (χ0) is 39.6. The Morgan fingerprint density at radius 2 is 1.49 bits per heavy atom. The molecule has 0 bridgehead atoms. The molecular weight excluding hydrogens is 891 g/mol. The van der Waals surface area contributed by atoms with Gasteiger partial charge in [0.1, 0.15) is 5.76 Å². The molecule has 3 heterocycles. The van der Waals surface area contributed by atoms with Crippen molar-refractivity contribution in [2.45, 2.75) is 121 Å². The first-order chi connectivity index (χ1) is 25.5. The number of aliphatic hydroxyl groups excluding tert-OH is 1. The number of nitrogens with zero attached hydrogens (tertiary/aromatic N) is 1.